The summed E-state index contributed by atoms with van der Waals surface area (Å²) < 4.78 is 28.3. The minimum atomic E-state index is -3.67. The summed E-state index contributed by atoms with van der Waals surface area (Å²) in [6.07, 6.45) is 0. The molecule has 0 saturated heterocycles. The number of nitrogens with two attached hydrogens (primary N) is 1. The summed E-state index contributed by atoms with van der Waals surface area (Å²) >= 11 is 0. The predicted octanol–water partition coefficient (Wildman–Crippen LogP) is 1.85. The fraction of sp³-hybridized carbons (Fsp3) is 0.350. The lowest BCUT2D eigenvalue weighted by Crippen LogP contribution is -2.39. The lowest BCUT2D eigenvalue weighted by molar-refractivity contribution is 0.0931. The minimum Gasteiger partial charge on any atom is -0.376 e. The lowest BCUT2D eigenvalue weighted by Gasteiger charge is -2.16. The Morgan fingerprint density at radius 1 is 1.07 bits per heavy atom. The number of rotatable bonds is 9. The van der Waals surface area contributed by atoms with Crippen molar-refractivity contribution in [3.8, 4) is 0 Å². The van der Waals surface area contributed by atoms with Crippen molar-refractivity contribution >= 4 is 16.0 Å². The first-order chi connectivity index (χ1) is 13.4. The highest BCUT2D eigenvalue weighted by atomic mass is 32.2. The molecule has 0 radical (unpaired) electrons. The first-order valence-corrected chi connectivity index (χ1v) is 10.6. The summed E-state index contributed by atoms with van der Waals surface area (Å²) in [5.74, 6) is 0.988. The van der Waals surface area contributed by atoms with Crippen LogP contribution >= 0.6 is 0 Å². The van der Waals surface area contributed by atoms with E-state index in [4.69, 9.17) is 9.88 Å². The topological polar surface area (TPSA) is 106 Å². The van der Waals surface area contributed by atoms with Crippen LogP contribution < -0.4 is 15.8 Å². The smallest absolute Gasteiger partial charge is 0.238 e. The molecule has 8 heteroatoms. The van der Waals surface area contributed by atoms with Crippen LogP contribution in [0.3, 0.4) is 0 Å². The van der Waals surface area contributed by atoms with Gasteiger partial charge in [0.25, 0.3) is 0 Å². The van der Waals surface area contributed by atoms with Gasteiger partial charge in [-0.05, 0) is 29.2 Å². The Hall–Kier alpha value is -2.42. The van der Waals surface area contributed by atoms with Crippen molar-refractivity contribution < 1.29 is 13.2 Å². The van der Waals surface area contributed by atoms with Gasteiger partial charge in [-0.2, -0.15) is 0 Å². The molecule has 0 aliphatic rings. The minimum absolute atomic E-state index is 0.100. The van der Waals surface area contributed by atoms with Crippen LogP contribution in [-0.2, 0) is 27.9 Å². The van der Waals surface area contributed by atoms with E-state index >= 15 is 0 Å². The standard InChI is InChI=1S/C20H28N4O3S/c1-16(14-27-15-18-6-4-3-5-7-18)12-23-20(22-2)24-13-17-8-10-19(11-9-17)28(21,25)26/h3-11,16H,12-15H2,1-2H3,(H2,21,25,26)(H2,22,23,24). The van der Waals surface area contributed by atoms with Gasteiger partial charge in [0.15, 0.2) is 5.96 Å². The Balaban J connectivity index is 1.70. The number of guanidine groups is 1. The van der Waals surface area contributed by atoms with Gasteiger partial charge in [0.05, 0.1) is 18.1 Å². The zero-order valence-corrected chi connectivity index (χ0v) is 17.1. The van der Waals surface area contributed by atoms with E-state index in [1.54, 1.807) is 19.2 Å². The average Bonchev–Trinajstić information content (AvgIpc) is 2.68. The molecular formula is C20H28N4O3S. The van der Waals surface area contributed by atoms with Gasteiger partial charge in [-0.3, -0.25) is 4.99 Å². The molecule has 0 aliphatic carbocycles. The van der Waals surface area contributed by atoms with Crippen molar-refractivity contribution in [1.29, 1.82) is 0 Å². The maximum Gasteiger partial charge on any atom is 0.238 e. The highest BCUT2D eigenvalue weighted by Gasteiger charge is 2.08. The number of benzene rings is 2. The summed E-state index contributed by atoms with van der Waals surface area (Å²) in [6.45, 7) is 4.60. The average molecular weight is 405 g/mol. The number of ether oxygens (including phenoxy) is 1. The van der Waals surface area contributed by atoms with Crippen molar-refractivity contribution in [3.05, 3.63) is 65.7 Å². The summed E-state index contributed by atoms with van der Waals surface area (Å²) in [6, 6.07) is 16.5. The van der Waals surface area contributed by atoms with Crippen molar-refractivity contribution in [3.63, 3.8) is 0 Å². The number of nitrogens with one attached hydrogen (secondary N) is 2. The van der Waals surface area contributed by atoms with Crippen LogP contribution in [0.25, 0.3) is 0 Å². The number of hydrogen-bond donors (Lipinski definition) is 3. The van der Waals surface area contributed by atoms with Crippen molar-refractivity contribution in [2.45, 2.75) is 25.0 Å². The third-order valence-electron chi connectivity index (χ3n) is 4.07. The summed E-state index contributed by atoms with van der Waals surface area (Å²) in [5.41, 5.74) is 2.09. The maximum absolute atomic E-state index is 11.3. The molecule has 152 valence electrons. The Kier molecular flexibility index (Phi) is 8.43. The van der Waals surface area contributed by atoms with Gasteiger partial charge in [-0.15, -0.1) is 0 Å². The monoisotopic (exact) mass is 404 g/mol. The molecule has 0 amide bonds. The summed E-state index contributed by atoms with van der Waals surface area (Å²) in [4.78, 5) is 4.30. The number of sulfonamides is 1. The fourth-order valence-electron chi connectivity index (χ4n) is 2.49. The van der Waals surface area contributed by atoms with E-state index in [2.05, 4.69) is 22.5 Å². The second-order valence-electron chi connectivity index (χ2n) is 6.60. The zero-order chi connectivity index (χ0) is 20.4. The van der Waals surface area contributed by atoms with E-state index < -0.39 is 10.0 Å². The van der Waals surface area contributed by atoms with E-state index in [-0.39, 0.29) is 4.90 Å². The fourth-order valence-corrected chi connectivity index (χ4v) is 3.00. The van der Waals surface area contributed by atoms with Crippen LogP contribution in [0.5, 0.6) is 0 Å². The van der Waals surface area contributed by atoms with E-state index in [9.17, 15) is 8.42 Å². The van der Waals surface area contributed by atoms with Gasteiger partial charge in [0.1, 0.15) is 0 Å². The van der Waals surface area contributed by atoms with Crippen LogP contribution in [0.1, 0.15) is 18.1 Å². The molecule has 1 unspecified atom stereocenters. The molecule has 0 saturated carbocycles. The second-order valence-corrected chi connectivity index (χ2v) is 8.16. The van der Waals surface area contributed by atoms with E-state index in [1.807, 2.05) is 30.3 Å². The Morgan fingerprint density at radius 2 is 1.75 bits per heavy atom. The van der Waals surface area contributed by atoms with Crippen LogP contribution in [-0.4, -0.2) is 34.6 Å². The number of nitrogens with zero attached hydrogens (tertiary/aromatic N) is 1. The highest BCUT2D eigenvalue weighted by Crippen LogP contribution is 2.08. The highest BCUT2D eigenvalue weighted by molar-refractivity contribution is 7.89. The quantitative estimate of drug-likeness (QED) is 0.437. The molecule has 1 atom stereocenters. The Morgan fingerprint density at radius 3 is 2.36 bits per heavy atom. The van der Waals surface area contributed by atoms with Crippen LogP contribution in [0.4, 0.5) is 0 Å². The zero-order valence-electron chi connectivity index (χ0n) is 16.3. The molecule has 4 N–H and O–H groups in total. The molecule has 2 rings (SSSR count). The molecule has 7 nitrogen and oxygen atoms in total. The van der Waals surface area contributed by atoms with Gasteiger partial charge >= 0.3 is 0 Å². The van der Waals surface area contributed by atoms with Crippen LogP contribution in [0.15, 0.2) is 64.5 Å². The number of aliphatic imine (C=N–C) groups is 1. The van der Waals surface area contributed by atoms with E-state index in [1.165, 1.54) is 12.1 Å². The summed E-state index contributed by atoms with van der Waals surface area (Å²) in [7, 11) is -1.96. The Labute approximate surface area is 167 Å². The molecule has 2 aromatic rings. The van der Waals surface area contributed by atoms with Gasteiger partial charge in [0, 0.05) is 20.1 Å². The predicted molar refractivity (Wildman–Crippen MR) is 111 cm³/mol. The van der Waals surface area contributed by atoms with Crippen molar-refractivity contribution in [1.82, 2.24) is 10.6 Å². The molecule has 0 spiro atoms. The molecule has 0 aromatic heterocycles. The largest absolute Gasteiger partial charge is 0.376 e. The van der Waals surface area contributed by atoms with Crippen LogP contribution in [0, 0.1) is 5.92 Å². The first kappa shape index (κ1) is 21.9. The van der Waals surface area contributed by atoms with Crippen molar-refractivity contribution in [2.75, 3.05) is 20.2 Å². The normalized spacial score (nSPS) is 13.2. The Bertz CT molecular complexity index is 853. The van der Waals surface area contributed by atoms with E-state index in [0.717, 1.165) is 17.7 Å². The van der Waals surface area contributed by atoms with Gasteiger partial charge < -0.3 is 15.4 Å². The van der Waals surface area contributed by atoms with Crippen LogP contribution in [0.2, 0.25) is 0 Å². The maximum atomic E-state index is 11.3. The third-order valence-corrected chi connectivity index (χ3v) is 5.00. The molecule has 0 heterocycles. The van der Waals surface area contributed by atoms with E-state index in [0.29, 0.717) is 31.6 Å². The van der Waals surface area contributed by atoms with Crippen molar-refractivity contribution in [2.24, 2.45) is 16.0 Å². The molecular weight excluding hydrogens is 376 g/mol. The van der Waals surface area contributed by atoms with Gasteiger partial charge in [-0.1, -0.05) is 49.4 Å². The summed E-state index contributed by atoms with van der Waals surface area (Å²) in [5, 5.41) is 11.6. The number of primary sulfonamides is 1. The number of hydrogen-bond acceptors (Lipinski definition) is 4. The first-order valence-electron chi connectivity index (χ1n) is 9.06. The molecule has 0 aliphatic heterocycles. The van der Waals surface area contributed by atoms with Gasteiger partial charge in [-0.25, -0.2) is 13.6 Å². The third kappa shape index (κ3) is 7.67. The molecule has 28 heavy (non-hydrogen) atoms. The SMILES string of the molecule is CN=C(NCc1ccc(S(N)(=O)=O)cc1)NCC(C)COCc1ccccc1. The molecule has 0 bridgehead atoms. The molecule has 0 fully saturated rings. The second kappa shape index (κ2) is 10.8. The lowest BCUT2D eigenvalue weighted by atomic mass is 10.2. The molecule has 2 aromatic carbocycles. The van der Waals surface area contributed by atoms with Gasteiger partial charge in [0.2, 0.25) is 10.0 Å².